The highest BCUT2D eigenvalue weighted by atomic mass is 16.2. The van der Waals surface area contributed by atoms with Crippen LogP contribution in [0.25, 0.3) is 10.9 Å². The fourth-order valence-corrected chi connectivity index (χ4v) is 4.77. The Morgan fingerprint density at radius 1 is 0.821 bits per heavy atom. The lowest BCUT2D eigenvalue weighted by atomic mass is 10.1. The van der Waals surface area contributed by atoms with Crippen molar-refractivity contribution in [1.29, 1.82) is 0 Å². The number of hydrogen-bond acceptors (Lipinski definition) is 3. The first-order chi connectivity index (χ1) is 19.0. The van der Waals surface area contributed by atoms with Crippen LogP contribution >= 0.6 is 0 Å². The van der Waals surface area contributed by atoms with Gasteiger partial charge in [-0.1, -0.05) is 66.2 Å². The smallest absolute Gasteiger partial charge is 0.267 e. The molecule has 6 heteroatoms. The van der Waals surface area contributed by atoms with E-state index in [4.69, 9.17) is 0 Å². The number of nitrogens with one attached hydrogen (secondary N) is 2. The van der Waals surface area contributed by atoms with Gasteiger partial charge >= 0.3 is 0 Å². The van der Waals surface area contributed by atoms with Crippen LogP contribution < -0.4 is 10.6 Å². The number of fused-ring (bicyclic) bond motifs is 1. The predicted octanol–water partition coefficient (Wildman–Crippen LogP) is 5.94. The van der Waals surface area contributed by atoms with Crippen LogP contribution in [0.5, 0.6) is 0 Å². The molecule has 196 valence electrons. The zero-order valence-corrected chi connectivity index (χ0v) is 22.1. The second kappa shape index (κ2) is 12.2. The molecule has 3 aromatic carbocycles. The highest BCUT2D eigenvalue weighted by Gasteiger charge is 2.17. The van der Waals surface area contributed by atoms with Crippen LogP contribution in [-0.2, 0) is 24.2 Å². The molecule has 0 fully saturated rings. The lowest BCUT2D eigenvalue weighted by Crippen LogP contribution is -2.28. The first kappa shape index (κ1) is 25.9. The molecule has 0 bridgehead atoms. The Morgan fingerprint density at radius 3 is 2.44 bits per heavy atom. The van der Waals surface area contributed by atoms with Crippen molar-refractivity contribution >= 4 is 28.4 Å². The Balaban J connectivity index is 1.35. The molecule has 0 spiro atoms. The fraction of sp³-hybridized carbons (Fsp3) is 0.182. The fourth-order valence-electron chi connectivity index (χ4n) is 4.77. The number of amides is 2. The Hall–Kier alpha value is -4.71. The molecule has 0 radical (unpaired) electrons. The van der Waals surface area contributed by atoms with E-state index >= 15 is 0 Å². The number of carbonyl (C=O) groups is 2. The third-order valence-electron chi connectivity index (χ3n) is 6.72. The van der Waals surface area contributed by atoms with Crippen molar-refractivity contribution in [2.75, 3.05) is 11.9 Å². The molecule has 0 aliphatic carbocycles. The zero-order valence-electron chi connectivity index (χ0n) is 22.1. The van der Waals surface area contributed by atoms with Crippen molar-refractivity contribution in [3.05, 3.63) is 131 Å². The topological polar surface area (TPSA) is 76.0 Å². The van der Waals surface area contributed by atoms with E-state index in [2.05, 4.69) is 40.7 Å². The summed E-state index contributed by atoms with van der Waals surface area (Å²) in [5.41, 5.74) is 6.60. The van der Waals surface area contributed by atoms with E-state index in [1.165, 1.54) is 5.56 Å². The van der Waals surface area contributed by atoms with Crippen LogP contribution in [0, 0.1) is 6.92 Å². The van der Waals surface area contributed by atoms with Crippen LogP contribution in [0.4, 0.5) is 5.69 Å². The average molecular weight is 517 g/mol. The minimum Gasteiger partial charge on any atom is -0.350 e. The van der Waals surface area contributed by atoms with Crippen LogP contribution in [-0.4, -0.2) is 27.9 Å². The summed E-state index contributed by atoms with van der Waals surface area (Å²) in [7, 11) is 0. The van der Waals surface area contributed by atoms with Gasteiger partial charge in [0.1, 0.15) is 5.69 Å². The van der Waals surface area contributed by atoms with Crippen molar-refractivity contribution in [3.8, 4) is 0 Å². The van der Waals surface area contributed by atoms with Gasteiger partial charge in [-0.15, -0.1) is 0 Å². The summed E-state index contributed by atoms with van der Waals surface area (Å²) in [6.45, 7) is 3.12. The largest absolute Gasteiger partial charge is 0.350 e. The molecule has 0 aliphatic heterocycles. The van der Waals surface area contributed by atoms with Gasteiger partial charge in [0.25, 0.3) is 5.91 Å². The van der Waals surface area contributed by atoms with E-state index < -0.39 is 0 Å². The monoisotopic (exact) mass is 516 g/mol. The third-order valence-corrected chi connectivity index (χ3v) is 6.72. The van der Waals surface area contributed by atoms with E-state index in [9.17, 15) is 9.59 Å². The number of hydrogen-bond donors (Lipinski definition) is 2. The van der Waals surface area contributed by atoms with E-state index in [1.807, 2.05) is 83.4 Å². The quantitative estimate of drug-likeness (QED) is 0.241. The SMILES string of the molecule is Cc1cccc(Cn2c(C(=O)NCCc3ccccn3)cc3cc(NC(=O)CCc4ccccc4)ccc32)c1. The minimum absolute atomic E-state index is 0.0371. The molecule has 5 rings (SSSR count). The number of anilines is 1. The summed E-state index contributed by atoms with van der Waals surface area (Å²) in [6, 6.07) is 31.8. The number of benzene rings is 3. The molecule has 0 saturated heterocycles. The molecule has 0 unspecified atom stereocenters. The molecule has 2 aromatic heterocycles. The highest BCUT2D eigenvalue weighted by Crippen LogP contribution is 2.25. The molecule has 39 heavy (non-hydrogen) atoms. The summed E-state index contributed by atoms with van der Waals surface area (Å²) < 4.78 is 2.04. The third kappa shape index (κ3) is 6.79. The van der Waals surface area contributed by atoms with Crippen LogP contribution in [0.15, 0.2) is 103 Å². The van der Waals surface area contributed by atoms with Gasteiger partial charge in [0.2, 0.25) is 5.91 Å². The number of pyridine rings is 1. The molecule has 5 aromatic rings. The summed E-state index contributed by atoms with van der Waals surface area (Å²) in [5, 5.41) is 6.97. The van der Waals surface area contributed by atoms with E-state index in [0.29, 0.717) is 38.0 Å². The highest BCUT2D eigenvalue weighted by molar-refractivity contribution is 6.00. The van der Waals surface area contributed by atoms with Gasteiger partial charge < -0.3 is 15.2 Å². The maximum absolute atomic E-state index is 13.3. The molecule has 2 N–H and O–H groups in total. The number of aryl methyl sites for hydroxylation is 2. The molecular weight excluding hydrogens is 484 g/mol. The second-order valence-corrected chi connectivity index (χ2v) is 9.74. The Morgan fingerprint density at radius 2 is 1.64 bits per heavy atom. The van der Waals surface area contributed by atoms with Gasteiger partial charge in [0, 0.05) is 54.4 Å². The maximum Gasteiger partial charge on any atom is 0.267 e. The van der Waals surface area contributed by atoms with Crippen molar-refractivity contribution < 1.29 is 9.59 Å². The van der Waals surface area contributed by atoms with E-state index in [1.54, 1.807) is 6.20 Å². The molecule has 2 heterocycles. The lowest BCUT2D eigenvalue weighted by Gasteiger charge is -2.12. The minimum atomic E-state index is -0.136. The standard InChI is InChI=1S/C33H32N4O2/c1-24-8-7-11-26(20-24)23-37-30-15-14-29(36-32(38)16-13-25-9-3-2-4-10-25)21-27(30)22-31(37)33(39)35-19-17-28-12-5-6-18-34-28/h2-12,14-15,18,20-22H,13,16-17,19,23H2,1H3,(H,35,39)(H,36,38). The normalized spacial score (nSPS) is 10.9. The van der Waals surface area contributed by atoms with Crippen LogP contribution in [0.3, 0.4) is 0 Å². The van der Waals surface area contributed by atoms with Crippen molar-refractivity contribution in [3.63, 3.8) is 0 Å². The first-order valence-electron chi connectivity index (χ1n) is 13.3. The molecule has 0 atom stereocenters. The second-order valence-electron chi connectivity index (χ2n) is 9.74. The van der Waals surface area contributed by atoms with Crippen molar-refractivity contribution in [1.82, 2.24) is 14.9 Å². The van der Waals surface area contributed by atoms with Gasteiger partial charge in [-0.05, 0) is 60.9 Å². The lowest BCUT2D eigenvalue weighted by molar-refractivity contribution is -0.116. The molecule has 0 saturated carbocycles. The van der Waals surface area contributed by atoms with E-state index in [0.717, 1.165) is 33.4 Å². The molecule has 2 amide bonds. The van der Waals surface area contributed by atoms with Crippen LogP contribution in [0.2, 0.25) is 0 Å². The Kier molecular flexibility index (Phi) is 8.12. The number of aromatic nitrogens is 2. The predicted molar refractivity (Wildman–Crippen MR) is 156 cm³/mol. The summed E-state index contributed by atoms with van der Waals surface area (Å²) in [6.07, 6.45) is 3.50. The summed E-state index contributed by atoms with van der Waals surface area (Å²) in [5.74, 6) is -0.173. The van der Waals surface area contributed by atoms with Gasteiger partial charge in [0.15, 0.2) is 0 Å². The number of rotatable bonds is 10. The maximum atomic E-state index is 13.3. The van der Waals surface area contributed by atoms with Gasteiger partial charge in [-0.3, -0.25) is 14.6 Å². The van der Waals surface area contributed by atoms with E-state index in [-0.39, 0.29) is 11.8 Å². The zero-order chi connectivity index (χ0) is 27.0. The Bertz CT molecular complexity index is 1580. The molecular formula is C33H32N4O2. The first-order valence-corrected chi connectivity index (χ1v) is 13.3. The van der Waals surface area contributed by atoms with Crippen molar-refractivity contribution in [2.24, 2.45) is 0 Å². The van der Waals surface area contributed by atoms with Gasteiger partial charge in [-0.25, -0.2) is 0 Å². The molecule has 0 aliphatic rings. The average Bonchev–Trinajstić information content (AvgIpc) is 3.30. The van der Waals surface area contributed by atoms with Crippen LogP contribution in [0.1, 0.15) is 39.3 Å². The number of carbonyl (C=O) groups excluding carboxylic acids is 2. The van der Waals surface area contributed by atoms with Gasteiger partial charge in [0.05, 0.1) is 0 Å². The summed E-state index contributed by atoms with van der Waals surface area (Å²) >= 11 is 0. The molecule has 6 nitrogen and oxygen atoms in total. The number of nitrogens with zero attached hydrogens (tertiary/aromatic N) is 2. The Labute approximate surface area is 228 Å². The van der Waals surface area contributed by atoms with Gasteiger partial charge in [-0.2, -0.15) is 0 Å². The van der Waals surface area contributed by atoms with Crippen molar-refractivity contribution in [2.45, 2.75) is 32.7 Å². The summed E-state index contributed by atoms with van der Waals surface area (Å²) in [4.78, 5) is 30.3.